The number of amides is 2. The van der Waals surface area contributed by atoms with Crippen LogP contribution in [0.1, 0.15) is 79.9 Å². The third-order valence-electron chi connectivity index (χ3n) is 11.9. The smallest absolute Gasteiger partial charge is 0.409 e. The summed E-state index contributed by atoms with van der Waals surface area (Å²) in [6.45, 7) is 8.96. The van der Waals surface area contributed by atoms with Gasteiger partial charge in [-0.05, 0) is 130 Å². The van der Waals surface area contributed by atoms with Crippen LogP contribution in [-0.4, -0.2) is 81.3 Å². The van der Waals surface area contributed by atoms with Gasteiger partial charge in [0.1, 0.15) is 17.5 Å². The Bertz CT molecular complexity index is 2780. The first-order chi connectivity index (χ1) is 33.1. The molecule has 3 aromatic carbocycles. The number of carbonyl (C=O) groups excluding carboxylic acids is 2. The van der Waals surface area contributed by atoms with E-state index >= 15 is 0 Å². The summed E-state index contributed by atoms with van der Waals surface area (Å²) < 4.78 is 51.1. The van der Waals surface area contributed by atoms with Gasteiger partial charge in [-0.15, -0.1) is 22.7 Å². The van der Waals surface area contributed by atoms with Crippen molar-refractivity contribution in [1.29, 1.82) is 0 Å². The molecule has 0 saturated carbocycles. The maximum Gasteiger partial charge on any atom is 0.409 e. The Labute approximate surface area is 402 Å². The monoisotopic (exact) mass is 959 g/mol. The van der Waals surface area contributed by atoms with Crippen LogP contribution in [0.25, 0.3) is 43.4 Å². The minimum atomic E-state index is -0.560. The summed E-state index contributed by atoms with van der Waals surface area (Å²) in [5, 5.41) is 5.47. The fourth-order valence-electron chi connectivity index (χ4n) is 8.31. The molecule has 68 heavy (non-hydrogen) atoms. The molecule has 0 radical (unpaired) electrons. The lowest BCUT2D eigenvalue weighted by Gasteiger charge is -2.30. The number of halogens is 3. The molecule has 2 fully saturated rings. The molecule has 7 aromatic rings. The predicted molar refractivity (Wildman–Crippen MR) is 261 cm³/mol. The van der Waals surface area contributed by atoms with Crippen molar-refractivity contribution in [3.63, 3.8) is 0 Å². The van der Waals surface area contributed by atoms with E-state index < -0.39 is 5.95 Å². The number of aromatic nitrogens is 4. The van der Waals surface area contributed by atoms with Crippen molar-refractivity contribution in [3.8, 4) is 43.4 Å². The highest BCUT2D eigenvalue weighted by molar-refractivity contribution is 7.16. The Kier molecular flexibility index (Phi) is 15.8. The first kappa shape index (κ1) is 47.8. The highest BCUT2D eigenvalue weighted by Gasteiger charge is 2.30. The molecule has 11 nitrogen and oxygen atoms in total. The Morgan fingerprint density at radius 1 is 0.632 bits per heavy atom. The average Bonchev–Trinajstić information content (AvgIpc) is 4.02. The standard InChI is InChI=1S/C30H31FN4O2S.C22H21F2N3O2S/c1-3-37-30(36)35-17-14-23(15-18-35)29-34-27(22-9-11-25(31)12-10-22)28(38-29)24-13-16-32-26(19-24)33-20(2)21-7-5-4-6-8-21;1-2-29-22(28)27-11-8-15(9-12-27)21-26-19(14-3-5-17(23)6-4-14)20(30-21)16-7-10-25-18(24)13-16/h4-13,16,19-20,23H,3,14-15,17-18H2,1-2H3,(H,32,33);3-7,10,13,15H,2,8-9,11-12H2,1H3/t20-;/m0./s1. The first-order valence-corrected chi connectivity index (χ1v) is 24.5. The maximum atomic E-state index is 13.8. The number of rotatable bonds is 11. The number of hydrogen-bond donors (Lipinski definition) is 1. The molecule has 4 aromatic heterocycles. The molecule has 1 N–H and O–H groups in total. The lowest BCUT2D eigenvalue weighted by molar-refractivity contribution is 0.0963. The minimum Gasteiger partial charge on any atom is -0.450 e. The van der Waals surface area contributed by atoms with Crippen molar-refractivity contribution >= 4 is 40.7 Å². The van der Waals surface area contributed by atoms with Gasteiger partial charge in [0.15, 0.2) is 0 Å². The summed E-state index contributed by atoms with van der Waals surface area (Å²) in [6, 6.07) is 30.2. The van der Waals surface area contributed by atoms with Gasteiger partial charge in [0, 0.05) is 73.6 Å². The van der Waals surface area contributed by atoms with E-state index in [9.17, 15) is 22.8 Å². The summed E-state index contributed by atoms with van der Waals surface area (Å²) in [6.07, 6.45) is 5.91. The molecule has 2 saturated heterocycles. The third kappa shape index (κ3) is 11.7. The van der Waals surface area contributed by atoms with Crippen LogP contribution in [-0.2, 0) is 9.47 Å². The zero-order chi connectivity index (χ0) is 47.6. The zero-order valence-electron chi connectivity index (χ0n) is 38.0. The van der Waals surface area contributed by atoms with Crippen LogP contribution in [0.4, 0.5) is 28.6 Å². The van der Waals surface area contributed by atoms with Crippen LogP contribution in [0.15, 0.2) is 116 Å². The van der Waals surface area contributed by atoms with Crippen LogP contribution < -0.4 is 5.32 Å². The molecule has 0 aliphatic carbocycles. The summed E-state index contributed by atoms with van der Waals surface area (Å²) in [5.41, 5.74) is 6.07. The molecule has 6 heterocycles. The fourth-order valence-corrected chi connectivity index (χ4v) is 10.8. The van der Waals surface area contributed by atoms with Gasteiger partial charge in [0.25, 0.3) is 0 Å². The van der Waals surface area contributed by atoms with Crippen molar-refractivity contribution in [3.05, 3.63) is 149 Å². The van der Waals surface area contributed by atoms with Gasteiger partial charge in [-0.1, -0.05) is 30.3 Å². The van der Waals surface area contributed by atoms with Crippen molar-refractivity contribution in [2.45, 2.75) is 64.3 Å². The molecule has 9 rings (SSSR count). The summed E-state index contributed by atoms with van der Waals surface area (Å²) in [7, 11) is 0. The van der Waals surface area contributed by atoms with E-state index in [0.717, 1.165) is 73.7 Å². The van der Waals surface area contributed by atoms with E-state index in [1.165, 1.54) is 53.4 Å². The molecule has 0 spiro atoms. The van der Waals surface area contributed by atoms with Crippen molar-refractivity contribution in [1.82, 2.24) is 29.7 Å². The van der Waals surface area contributed by atoms with E-state index in [1.54, 1.807) is 64.6 Å². The molecule has 352 valence electrons. The normalized spacial score (nSPS) is 14.7. The largest absolute Gasteiger partial charge is 0.450 e. The predicted octanol–water partition coefficient (Wildman–Crippen LogP) is 13.0. The molecular formula is C52H52F3N7O4S2. The first-order valence-electron chi connectivity index (χ1n) is 22.8. The highest BCUT2D eigenvalue weighted by Crippen LogP contribution is 2.44. The van der Waals surface area contributed by atoms with Crippen molar-refractivity contribution < 1.29 is 32.2 Å². The van der Waals surface area contributed by atoms with E-state index in [2.05, 4.69) is 34.3 Å². The lowest BCUT2D eigenvalue weighted by atomic mass is 9.98. The number of anilines is 1. The Balaban J connectivity index is 0.000000189. The van der Waals surface area contributed by atoms with E-state index in [4.69, 9.17) is 19.4 Å². The SMILES string of the molecule is CCOC(=O)N1CCC(c2nc(-c3ccc(F)cc3)c(-c3ccnc(F)c3)s2)CC1.CCOC(=O)N1CCC(c2nc(-c3ccc(F)cc3)c(-c3ccnc(N[C@@H](C)c4ccccc4)c3)s2)CC1. The highest BCUT2D eigenvalue weighted by atomic mass is 32.1. The second-order valence-corrected chi connectivity index (χ2v) is 18.5. The van der Waals surface area contributed by atoms with Crippen LogP contribution >= 0.6 is 22.7 Å². The molecule has 0 unspecified atom stereocenters. The topological polar surface area (TPSA) is 123 Å². The molecule has 2 amide bonds. The second kappa shape index (κ2) is 22.4. The second-order valence-electron chi connectivity index (χ2n) is 16.5. The molecule has 16 heteroatoms. The van der Waals surface area contributed by atoms with E-state index in [0.29, 0.717) is 50.7 Å². The van der Waals surface area contributed by atoms with Crippen LogP contribution in [0.5, 0.6) is 0 Å². The minimum absolute atomic E-state index is 0.0946. The zero-order valence-corrected chi connectivity index (χ0v) is 39.7. The number of likely N-dealkylation sites (tertiary alicyclic amines) is 2. The molecule has 1 atom stereocenters. The van der Waals surface area contributed by atoms with Gasteiger partial charge in [-0.25, -0.2) is 38.3 Å². The van der Waals surface area contributed by atoms with Crippen molar-refractivity contribution in [2.24, 2.45) is 0 Å². The number of ether oxygens (including phenoxy) is 2. The number of nitrogens with one attached hydrogen (secondary N) is 1. The maximum absolute atomic E-state index is 13.8. The fraction of sp³-hybridized carbons (Fsp3) is 0.308. The summed E-state index contributed by atoms with van der Waals surface area (Å²) in [4.78, 5) is 47.6. The Morgan fingerprint density at radius 3 is 1.54 bits per heavy atom. The van der Waals surface area contributed by atoms with Gasteiger partial charge >= 0.3 is 12.2 Å². The van der Waals surface area contributed by atoms with Gasteiger partial charge in [-0.3, -0.25) is 0 Å². The van der Waals surface area contributed by atoms with E-state index in [-0.39, 0.29) is 41.7 Å². The number of benzene rings is 3. The van der Waals surface area contributed by atoms with Gasteiger partial charge in [0.05, 0.1) is 44.4 Å². The number of carbonyl (C=O) groups is 2. The number of pyridine rings is 2. The molecule has 0 bridgehead atoms. The van der Waals surface area contributed by atoms with Crippen LogP contribution in [0.2, 0.25) is 0 Å². The lowest BCUT2D eigenvalue weighted by Crippen LogP contribution is -2.38. The number of thiazole rings is 2. The van der Waals surface area contributed by atoms with E-state index in [1.807, 2.05) is 37.3 Å². The number of nitrogens with zero attached hydrogens (tertiary/aromatic N) is 6. The van der Waals surface area contributed by atoms with Gasteiger partial charge in [-0.2, -0.15) is 4.39 Å². The quantitative estimate of drug-likeness (QED) is 0.126. The molecular weight excluding hydrogens is 908 g/mol. The Hall–Kier alpha value is -6.65. The van der Waals surface area contributed by atoms with Crippen LogP contribution in [0, 0.1) is 17.6 Å². The average molecular weight is 960 g/mol. The number of hydrogen-bond acceptors (Lipinski definition) is 11. The van der Waals surface area contributed by atoms with Gasteiger partial charge in [0.2, 0.25) is 5.95 Å². The Morgan fingerprint density at radius 2 is 1.09 bits per heavy atom. The van der Waals surface area contributed by atoms with Crippen molar-refractivity contribution in [2.75, 3.05) is 44.7 Å². The van der Waals surface area contributed by atoms with Gasteiger partial charge < -0.3 is 24.6 Å². The summed E-state index contributed by atoms with van der Waals surface area (Å²) in [5.74, 6) is 0.0627. The van der Waals surface area contributed by atoms with Crippen LogP contribution in [0.3, 0.4) is 0 Å². The molecule has 2 aliphatic heterocycles. The molecule has 2 aliphatic rings. The third-order valence-corrected chi connectivity index (χ3v) is 14.5. The summed E-state index contributed by atoms with van der Waals surface area (Å²) >= 11 is 3.18. The number of piperidine rings is 2.